The van der Waals surface area contributed by atoms with E-state index in [0.29, 0.717) is 13.1 Å². The summed E-state index contributed by atoms with van der Waals surface area (Å²) < 4.78 is 5.10. The van der Waals surface area contributed by atoms with Gasteiger partial charge >= 0.3 is 5.97 Å². The Hall–Kier alpha value is -2.77. The Labute approximate surface area is 183 Å². The number of carbonyl (C=O) groups is 2. The second-order valence-electron chi connectivity index (χ2n) is 7.97. The van der Waals surface area contributed by atoms with Crippen LogP contribution in [-0.2, 0) is 22.6 Å². The second-order valence-corrected chi connectivity index (χ2v) is 7.97. The normalized spacial score (nSPS) is 16.1. The third-order valence-corrected chi connectivity index (χ3v) is 5.57. The van der Waals surface area contributed by atoms with Crippen molar-refractivity contribution < 1.29 is 19.4 Å². The van der Waals surface area contributed by atoms with E-state index in [4.69, 9.17) is 4.74 Å². The maximum absolute atomic E-state index is 12.8. The van der Waals surface area contributed by atoms with E-state index in [1.54, 1.807) is 29.3 Å². The van der Waals surface area contributed by atoms with Gasteiger partial charge in [0.25, 0.3) is 5.91 Å². The van der Waals surface area contributed by atoms with Crippen LogP contribution in [0.1, 0.15) is 53.6 Å². The summed E-state index contributed by atoms with van der Waals surface area (Å²) in [6.07, 6.45) is 8.94. The predicted molar refractivity (Wildman–Crippen MR) is 119 cm³/mol. The first-order valence-corrected chi connectivity index (χ1v) is 10.9. The van der Waals surface area contributed by atoms with Gasteiger partial charge in [-0.25, -0.2) is 4.79 Å². The average molecular weight is 426 g/mol. The molecule has 1 aromatic carbocycles. The summed E-state index contributed by atoms with van der Waals surface area (Å²) in [6, 6.07) is 9.01. The van der Waals surface area contributed by atoms with Crippen molar-refractivity contribution in [1.82, 2.24) is 9.88 Å². The smallest absolute Gasteiger partial charge is 0.335 e. The number of hydrogen-bond acceptors (Lipinski definition) is 5. The van der Waals surface area contributed by atoms with Gasteiger partial charge in [-0.05, 0) is 54.8 Å². The van der Waals surface area contributed by atoms with E-state index < -0.39 is 5.97 Å². The van der Waals surface area contributed by atoms with Crippen LogP contribution in [0.5, 0.6) is 0 Å². The number of ether oxygens (including phenoxy) is 1. The molecule has 2 aromatic rings. The summed E-state index contributed by atoms with van der Waals surface area (Å²) in [6.45, 7) is 2.78. The zero-order chi connectivity index (χ0) is 22.1. The van der Waals surface area contributed by atoms with Crippen molar-refractivity contribution in [2.24, 2.45) is 0 Å². The molecule has 7 nitrogen and oxygen atoms in total. The number of pyridine rings is 1. The van der Waals surface area contributed by atoms with E-state index >= 15 is 0 Å². The van der Waals surface area contributed by atoms with E-state index in [9.17, 15) is 14.7 Å². The van der Waals surface area contributed by atoms with Crippen molar-refractivity contribution in [2.75, 3.05) is 31.7 Å². The second kappa shape index (κ2) is 11.6. The lowest BCUT2D eigenvalue weighted by atomic mass is 10.0. The summed E-state index contributed by atoms with van der Waals surface area (Å²) in [5.74, 6) is -1.08. The minimum Gasteiger partial charge on any atom is -0.478 e. The number of aromatic carboxylic acids is 1. The van der Waals surface area contributed by atoms with Crippen LogP contribution in [0.25, 0.3) is 0 Å². The fraction of sp³-hybridized carbons (Fsp3) is 0.458. The van der Waals surface area contributed by atoms with Crippen molar-refractivity contribution >= 4 is 17.6 Å². The van der Waals surface area contributed by atoms with Gasteiger partial charge in [-0.15, -0.1) is 0 Å². The number of aromatic nitrogens is 1. The Morgan fingerprint density at radius 2 is 1.87 bits per heavy atom. The Balaban J connectivity index is 1.98. The Bertz CT molecular complexity index is 872. The zero-order valence-electron chi connectivity index (χ0n) is 18.1. The SMILES string of the molecule is COCC(=O)N1CCCCCCCN(Cc2cccnc2)Cc2cc(C(=O)O)ccc21. The molecule has 1 aliphatic heterocycles. The van der Waals surface area contributed by atoms with Crippen molar-refractivity contribution in [3.05, 3.63) is 59.4 Å². The molecular weight excluding hydrogens is 394 g/mol. The quantitative estimate of drug-likeness (QED) is 0.786. The highest BCUT2D eigenvalue weighted by atomic mass is 16.5. The molecule has 3 rings (SSSR count). The first-order chi connectivity index (χ1) is 15.1. The minimum atomic E-state index is -0.970. The monoisotopic (exact) mass is 425 g/mol. The highest BCUT2D eigenvalue weighted by molar-refractivity contribution is 5.96. The minimum absolute atomic E-state index is 0.000475. The number of carbonyl (C=O) groups excluding carboxylic acids is 1. The molecule has 1 aliphatic rings. The fourth-order valence-corrected chi connectivity index (χ4v) is 4.03. The van der Waals surface area contributed by atoms with Gasteiger partial charge in [0.05, 0.1) is 5.56 Å². The molecule has 0 spiro atoms. The average Bonchev–Trinajstić information content (AvgIpc) is 2.75. The van der Waals surface area contributed by atoms with Crippen LogP contribution in [0.3, 0.4) is 0 Å². The van der Waals surface area contributed by atoms with Crippen LogP contribution in [0, 0.1) is 0 Å². The van der Waals surface area contributed by atoms with Crippen molar-refractivity contribution in [1.29, 1.82) is 0 Å². The van der Waals surface area contributed by atoms with Crippen LogP contribution < -0.4 is 4.90 Å². The van der Waals surface area contributed by atoms with Gasteiger partial charge in [0.15, 0.2) is 0 Å². The molecule has 0 aliphatic carbocycles. The molecule has 0 bridgehead atoms. The van der Waals surface area contributed by atoms with Crippen molar-refractivity contribution in [2.45, 2.75) is 45.2 Å². The molecular formula is C24H31N3O4. The fourth-order valence-electron chi connectivity index (χ4n) is 4.03. The molecule has 0 unspecified atom stereocenters. The van der Waals surface area contributed by atoms with E-state index in [1.165, 1.54) is 7.11 Å². The van der Waals surface area contributed by atoms with Gasteiger partial charge in [0.1, 0.15) is 6.61 Å². The number of fused-ring (bicyclic) bond motifs is 1. The molecule has 1 aromatic heterocycles. The molecule has 7 heteroatoms. The topological polar surface area (TPSA) is 83.0 Å². The molecule has 0 radical (unpaired) electrons. The van der Waals surface area contributed by atoms with Gasteiger partial charge in [-0.1, -0.05) is 25.3 Å². The number of rotatable bonds is 5. The summed E-state index contributed by atoms with van der Waals surface area (Å²) in [5.41, 5.74) is 2.95. The first kappa shape index (κ1) is 22.9. The standard InChI is InChI=1S/C24H31N3O4/c1-31-18-23(28)27-13-6-4-2-3-5-12-26(16-19-8-7-11-25-15-19)17-21-14-20(24(29)30)9-10-22(21)27/h7-11,14-15H,2-6,12-13,16-18H2,1H3,(H,29,30). The van der Waals surface area contributed by atoms with Crippen LogP contribution in [0.15, 0.2) is 42.7 Å². The van der Waals surface area contributed by atoms with Gasteiger partial charge in [0, 0.05) is 44.8 Å². The van der Waals surface area contributed by atoms with Crippen LogP contribution in [0.4, 0.5) is 5.69 Å². The molecule has 0 atom stereocenters. The third-order valence-electron chi connectivity index (χ3n) is 5.57. The van der Waals surface area contributed by atoms with Gasteiger partial charge in [-0.3, -0.25) is 14.7 Å². The highest BCUT2D eigenvalue weighted by Gasteiger charge is 2.22. The third kappa shape index (κ3) is 6.60. The summed E-state index contributed by atoms with van der Waals surface area (Å²) >= 11 is 0. The molecule has 2 heterocycles. The van der Waals surface area contributed by atoms with E-state index in [2.05, 4.69) is 9.88 Å². The summed E-state index contributed by atoms with van der Waals surface area (Å²) in [7, 11) is 1.51. The summed E-state index contributed by atoms with van der Waals surface area (Å²) in [5, 5.41) is 9.53. The van der Waals surface area contributed by atoms with Crippen LogP contribution in [-0.4, -0.2) is 53.7 Å². The highest BCUT2D eigenvalue weighted by Crippen LogP contribution is 2.26. The number of benzene rings is 1. The van der Waals surface area contributed by atoms with Crippen LogP contribution in [0.2, 0.25) is 0 Å². The Kier molecular flexibility index (Phi) is 8.55. The molecule has 0 saturated heterocycles. The van der Waals surface area contributed by atoms with Gasteiger partial charge in [0.2, 0.25) is 0 Å². The number of methoxy groups -OCH3 is 1. The lowest BCUT2D eigenvalue weighted by molar-refractivity contribution is -0.122. The number of anilines is 1. The first-order valence-electron chi connectivity index (χ1n) is 10.9. The predicted octanol–water partition coefficient (Wildman–Crippen LogP) is 3.73. The maximum Gasteiger partial charge on any atom is 0.335 e. The lowest BCUT2D eigenvalue weighted by Crippen LogP contribution is -2.36. The van der Waals surface area contributed by atoms with E-state index in [-0.39, 0.29) is 18.1 Å². The number of hydrogen-bond donors (Lipinski definition) is 1. The van der Waals surface area contributed by atoms with E-state index in [0.717, 1.165) is 62.0 Å². The maximum atomic E-state index is 12.8. The summed E-state index contributed by atoms with van der Waals surface area (Å²) in [4.78, 5) is 32.7. The largest absolute Gasteiger partial charge is 0.478 e. The molecule has 31 heavy (non-hydrogen) atoms. The zero-order valence-corrected chi connectivity index (χ0v) is 18.1. The molecule has 1 amide bonds. The van der Waals surface area contributed by atoms with Gasteiger partial charge < -0.3 is 14.7 Å². The van der Waals surface area contributed by atoms with Gasteiger partial charge in [-0.2, -0.15) is 0 Å². The van der Waals surface area contributed by atoms with Crippen molar-refractivity contribution in [3.63, 3.8) is 0 Å². The number of carboxylic acid groups (broad SMARTS) is 1. The Morgan fingerprint density at radius 3 is 2.58 bits per heavy atom. The number of nitrogens with zero attached hydrogens (tertiary/aromatic N) is 3. The molecule has 1 N–H and O–H groups in total. The van der Waals surface area contributed by atoms with Crippen molar-refractivity contribution in [3.8, 4) is 0 Å². The Morgan fingerprint density at radius 1 is 1.10 bits per heavy atom. The molecule has 0 saturated carbocycles. The number of amides is 1. The lowest BCUT2D eigenvalue weighted by Gasteiger charge is -2.29. The van der Waals surface area contributed by atoms with E-state index in [1.807, 2.05) is 18.3 Å². The molecule has 166 valence electrons. The van der Waals surface area contributed by atoms with Crippen LogP contribution >= 0.6 is 0 Å². The number of carboxylic acids is 1. The molecule has 0 fully saturated rings.